The van der Waals surface area contributed by atoms with Gasteiger partial charge in [-0.1, -0.05) is 25.5 Å². The Kier molecular flexibility index (Phi) is 4.29. The van der Waals surface area contributed by atoms with Gasteiger partial charge in [-0.05, 0) is 18.6 Å². The van der Waals surface area contributed by atoms with Crippen LogP contribution in [0.2, 0.25) is 0 Å². The average Bonchev–Trinajstić information content (AvgIpc) is 2.84. The number of oxazole rings is 1. The van der Waals surface area contributed by atoms with E-state index in [9.17, 15) is 9.59 Å². The topological polar surface area (TPSA) is 64.7 Å². The van der Waals surface area contributed by atoms with Gasteiger partial charge in [0.15, 0.2) is 5.58 Å². The second-order valence-corrected chi connectivity index (χ2v) is 5.53. The minimum Gasteiger partial charge on any atom is -0.408 e. The molecule has 118 valence electrons. The molecule has 1 fully saturated rings. The molecule has 1 aromatic carbocycles. The number of carbonyl (C=O) groups is 1. The Balaban J connectivity index is 1.83. The highest BCUT2D eigenvalue weighted by Crippen LogP contribution is 2.15. The van der Waals surface area contributed by atoms with Gasteiger partial charge in [-0.3, -0.25) is 9.36 Å². The highest BCUT2D eigenvalue weighted by Gasteiger charge is 2.27. The molecule has 0 bridgehead atoms. The van der Waals surface area contributed by atoms with Crippen molar-refractivity contribution >= 4 is 17.0 Å². The second-order valence-electron chi connectivity index (χ2n) is 5.53. The Hall–Kier alpha value is -2.08. The van der Waals surface area contributed by atoms with Gasteiger partial charge in [-0.2, -0.15) is 0 Å². The molecule has 1 aliphatic rings. The summed E-state index contributed by atoms with van der Waals surface area (Å²) >= 11 is 0. The van der Waals surface area contributed by atoms with Gasteiger partial charge >= 0.3 is 5.76 Å². The van der Waals surface area contributed by atoms with Gasteiger partial charge < -0.3 is 14.1 Å². The van der Waals surface area contributed by atoms with E-state index in [2.05, 4.69) is 6.92 Å². The van der Waals surface area contributed by atoms with Crippen molar-refractivity contribution in [1.82, 2.24) is 9.47 Å². The van der Waals surface area contributed by atoms with Crippen LogP contribution in [0.15, 0.2) is 33.5 Å². The zero-order chi connectivity index (χ0) is 15.5. The number of rotatable bonds is 4. The van der Waals surface area contributed by atoms with E-state index in [-0.39, 0.29) is 18.5 Å². The van der Waals surface area contributed by atoms with E-state index in [1.807, 2.05) is 11.0 Å². The Morgan fingerprint density at radius 3 is 3.00 bits per heavy atom. The number of morpholine rings is 1. The maximum Gasteiger partial charge on any atom is 0.420 e. The normalized spacial score (nSPS) is 18.8. The number of fused-ring (bicyclic) bond motifs is 1. The minimum atomic E-state index is -0.491. The quantitative estimate of drug-likeness (QED) is 0.861. The lowest BCUT2D eigenvalue weighted by Crippen LogP contribution is -2.50. The third kappa shape index (κ3) is 2.78. The molecule has 6 nitrogen and oxygen atoms in total. The summed E-state index contributed by atoms with van der Waals surface area (Å²) in [6.45, 7) is 3.79. The fourth-order valence-electron chi connectivity index (χ4n) is 2.95. The summed E-state index contributed by atoms with van der Waals surface area (Å²) in [5.74, 6) is -0.551. The summed E-state index contributed by atoms with van der Waals surface area (Å²) in [4.78, 5) is 26.4. The summed E-state index contributed by atoms with van der Waals surface area (Å²) in [6, 6.07) is 7.24. The SMILES string of the molecule is CCCC1COCCN1C(=O)Cn1c(=O)oc2ccccc21. The molecule has 1 atom stereocenters. The van der Waals surface area contributed by atoms with Crippen LogP contribution >= 0.6 is 0 Å². The Morgan fingerprint density at radius 1 is 1.36 bits per heavy atom. The summed E-state index contributed by atoms with van der Waals surface area (Å²) < 4.78 is 12.0. The van der Waals surface area contributed by atoms with Gasteiger partial charge in [0.25, 0.3) is 0 Å². The zero-order valence-corrected chi connectivity index (χ0v) is 12.7. The molecule has 1 amide bonds. The fraction of sp³-hybridized carbons (Fsp3) is 0.500. The van der Waals surface area contributed by atoms with Crippen molar-refractivity contribution in [2.45, 2.75) is 32.4 Å². The van der Waals surface area contributed by atoms with E-state index in [4.69, 9.17) is 9.15 Å². The van der Waals surface area contributed by atoms with Gasteiger partial charge in [-0.25, -0.2) is 4.79 Å². The molecule has 0 radical (unpaired) electrons. The molecular formula is C16H20N2O4. The summed E-state index contributed by atoms with van der Waals surface area (Å²) in [7, 11) is 0. The molecule has 6 heteroatoms. The fourth-order valence-corrected chi connectivity index (χ4v) is 2.95. The van der Waals surface area contributed by atoms with Crippen molar-refractivity contribution in [1.29, 1.82) is 0 Å². The van der Waals surface area contributed by atoms with Crippen molar-refractivity contribution in [3.05, 3.63) is 34.8 Å². The van der Waals surface area contributed by atoms with Crippen molar-refractivity contribution < 1.29 is 13.9 Å². The first kappa shape index (κ1) is 14.8. The second kappa shape index (κ2) is 6.36. The van der Waals surface area contributed by atoms with Gasteiger partial charge in [0.2, 0.25) is 5.91 Å². The highest BCUT2D eigenvalue weighted by atomic mass is 16.5. The molecule has 0 saturated carbocycles. The zero-order valence-electron chi connectivity index (χ0n) is 12.7. The highest BCUT2D eigenvalue weighted by molar-refractivity contribution is 5.80. The number of hydrogen-bond acceptors (Lipinski definition) is 4. The van der Waals surface area contributed by atoms with Crippen LogP contribution in [-0.4, -0.2) is 41.2 Å². The third-order valence-electron chi connectivity index (χ3n) is 4.04. The molecule has 0 spiro atoms. The smallest absolute Gasteiger partial charge is 0.408 e. The van der Waals surface area contributed by atoms with Crippen LogP contribution in [-0.2, 0) is 16.1 Å². The maximum absolute atomic E-state index is 12.6. The Bertz CT molecular complexity index is 716. The number of amides is 1. The molecule has 22 heavy (non-hydrogen) atoms. The summed E-state index contributed by atoms with van der Waals surface area (Å²) in [6.07, 6.45) is 1.90. The number of para-hydroxylation sites is 2. The third-order valence-corrected chi connectivity index (χ3v) is 4.04. The molecule has 1 unspecified atom stereocenters. The maximum atomic E-state index is 12.6. The molecule has 1 aromatic heterocycles. The van der Waals surface area contributed by atoms with Crippen LogP contribution in [0.3, 0.4) is 0 Å². The molecule has 2 heterocycles. The van der Waals surface area contributed by atoms with Crippen LogP contribution in [0, 0.1) is 0 Å². The van der Waals surface area contributed by atoms with Crippen LogP contribution in [0.25, 0.3) is 11.1 Å². The van der Waals surface area contributed by atoms with E-state index >= 15 is 0 Å². The molecule has 0 aliphatic carbocycles. The summed E-state index contributed by atoms with van der Waals surface area (Å²) in [5.41, 5.74) is 1.16. The number of ether oxygens (including phenoxy) is 1. The first-order valence-corrected chi connectivity index (χ1v) is 7.66. The van der Waals surface area contributed by atoms with Crippen LogP contribution in [0.5, 0.6) is 0 Å². The first-order valence-electron chi connectivity index (χ1n) is 7.66. The molecule has 1 saturated heterocycles. The minimum absolute atomic E-state index is 0.00998. The number of hydrogen-bond donors (Lipinski definition) is 0. The Labute approximate surface area is 128 Å². The largest absolute Gasteiger partial charge is 0.420 e. The molecule has 2 aromatic rings. The van der Waals surface area contributed by atoms with Crippen LogP contribution < -0.4 is 5.76 Å². The van der Waals surface area contributed by atoms with Crippen LogP contribution in [0.1, 0.15) is 19.8 Å². The molecule has 3 rings (SSSR count). The number of carbonyl (C=O) groups excluding carboxylic acids is 1. The number of benzene rings is 1. The summed E-state index contributed by atoms with van der Waals surface area (Å²) in [5, 5.41) is 0. The predicted molar refractivity (Wildman–Crippen MR) is 81.7 cm³/mol. The molecule has 0 N–H and O–H groups in total. The van der Waals surface area contributed by atoms with Gasteiger partial charge in [0, 0.05) is 6.54 Å². The Morgan fingerprint density at radius 2 is 2.18 bits per heavy atom. The van der Waals surface area contributed by atoms with Crippen LogP contribution in [0.4, 0.5) is 0 Å². The lowest BCUT2D eigenvalue weighted by atomic mass is 10.1. The lowest BCUT2D eigenvalue weighted by molar-refractivity contribution is -0.140. The van der Waals surface area contributed by atoms with E-state index in [1.165, 1.54) is 4.57 Å². The van der Waals surface area contributed by atoms with E-state index in [0.29, 0.717) is 30.9 Å². The van der Waals surface area contributed by atoms with Gasteiger partial charge in [0.1, 0.15) is 6.54 Å². The average molecular weight is 304 g/mol. The van der Waals surface area contributed by atoms with Gasteiger partial charge in [0.05, 0.1) is 24.8 Å². The lowest BCUT2D eigenvalue weighted by Gasteiger charge is -2.35. The first-order chi connectivity index (χ1) is 10.7. The van der Waals surface area contributed by atoms with Crippen molar-refractivity contribution in [3.8, 4) is 0 Å². The number of nitrogens with zero attached hydrogens (tertiary/aromatic N) is 2. The standard InChI is InChI=1S/C16H20N2O4/c1-2-5-12-11-21-9-8-17(12)15(19)10-18-13-6-3-4-7-14(13)22-16(18)20/h3-4,6-7,12H,2,5,8-11H2,1H3. The number of aromatic nitrogens is 1. The van der Waals surface area contributed by atoms with Gasteiger partial charge in [-0.15, -0.1) is 0 Å². The predicted octanol–water partition coefficient (Wildman–Crippen LogP) is 1.62. The molecule has 1 aliphatic heterocycles. The van der Waals surface area contributed by atoms with E-state index in [0.717, 1.165) is 12.8 Å². The van der Waals surface area contributed by atoms with E-state index < -0.39 is 5.76 Å². The van der Waals surface area contributed by atoms with Crippen molar-refractivity contribution in [2.24, 2.45) is 0 Å². The molecular weight excluding hydrogens is 284 g/mol. The van der Waals surface area contributed by atoms with Crippen molar-refractivity contribution in [3.63, 3.8) is 0 Å². The van der Waals surface area contributed by atoms with E-state index in [1.54, 1.807) is 18.2 Å². The monoisotopic (exact) mass is 304 g/mol. The van der Waals surface area contributed by atoms with Crippen molar-refractivity contribution in [2.75, 3.05) is 19.8 Å².